The fourth-order valence-corrected chi connectivity index (χ4v) is 2.36. The molecule has 1 aliphatic heterocycles. The Balaban J connectivity index is 0.000000487. The maximum atomic E-state index is 12.1. The normalized spacial score (nSPS) is 14.4. The van der Waals surface area contributed by atoms with Crippen LogP contribution in [0.1, 0.15) is 19.4 Å². The van der Waals surface area contributed by atoms with Crippen LogP contribution in [0.25, 0.3) is 0 Å². The largest absolute Gasteiger partial charge is 0.484 e. The molecule has 0 spiro atoms. The summed E-state index contributed by atoms with van der Waals surface area (Å²) in [5.74, 6) is -2.82. The first-order valence-corrected chi connectivity index (χ1v) is 8.38. The van der Waals surface area contributed by atoms with E-state index in [1.165, 1.54) is 5.56 Å². The summed E-state index contributed by atoms with van der Waals surface area (Å²) < 4.78 is 5.55. The highest BCUT2D eigenvalue weighted by Crippen LogP contribution is 2.12. The van der Waals surface area contributed by atoms with Crippen molar-refractivity contribution in [3.05, 3.63) is 29.8 Å². The summed E-state index contributed by atoms with van der Waals surface area (Å²) in [6, 6.07) is 8.33. The lowest BCUT2D eigenvalue weighted by molar-refractivity contribution is -0.159. The molecule has 0 saturated carbocycles. The number of benzene rings is 1. The van der Waals surface area contributed by atoms with Crippen molar-refractivity contribution < 1.29 is 29.3 Å². The van der Waals surface area contributed by atoms with Gasteiger partial charge in [-0.15, -0.1) is 0 Å². The predicted octanol–water partition coefficient (Wildman–Crippen LogP) is 1.08. The quantitative estimate of drug-likeness (QED) is 0.768. The Bertz CT molecular complexity index is 595. The Morgan fingerprint density at radius 1 is 1.00 bits per heavy atom. The molecular formula is C18H26N2O6. The third kappa shape index (κ3) is 7.52. The lowest BCUT2D eigenvalue weighted by atomic mass is 10.2. The van der Waals surface area contributed by atoms with Crippen LogP contribution >= 0.6 is 0 Å². The molecule has 26 heavy (non-hydrogen) atoms. The van der Waals surface area contributed by atoms with Gasteiger partial charge in [-0.2, -0.15) is 0 Å². The van der Waals surface area contributed by atoms with Crippen LogP contribution in [0.3, 0.4) is 0 Å². The molecule has 0 radical (unpaired) electrons. The first-order valence-electron chi connectivity index (χ1n) is 8.38. The van der Waals surface area contributed by atoms with Gasteiger partial charge >= 0.3 is 11.9 Å². The number of aryl methyl sites for hydroxylation is 1. The number of carbonyl (C=O) groups excluding carboxylic acids is 1. The second kappa shape index (κ2) is 10.4. The number of aliphatic carboxylic acids is 2. The van der Waals surface area contributed by atoms with Crippen molar-refractivity contribution in [1.82, 2.24) is 9.80 Å². The van der Waals surface area contributed by atoms with Gasteiger partial charge in [-0.1, -0.05) is 17.7 Å². The third-order valence-electron chi connectivity index (χ3n) is 3.96. The standard InChI is InChI=1S/C16H24N2O2.C2H2O4/c1-13(2)17-8-10-18(11-9-17)16(19)12-20-15-6-4-14(3)5-7-15;3-1(4)2(5)6/h4-7,13H,8-12H2,1-3H3;(H,3,4)(H,5,6). The van der Waals surface area contributed by atoms with E-state index in [-0.39, 0.29) is 12.5 Å². The topological polar surface area (TPSA) is 107 Å². The molecule has 1 saturated heterocycles. The Morgan fingerprint density at radius 3 is 1.92 bits per heavy atom. The Morgan fingerprint density at radius 2 is 1.50 bits per heavy atom. The van der Waals surface area contributed by atoms with E-state index >= 15 is 0 Å². The Labute approximate surface area is 153 Å². The summed E-state index contributed by atoms with van der Waals surface area (Å²) >= 11 is 0. The van der Waals surface area contributed by atoms with E-state index in [2.05, 4.69) is 18.7 Å². The summed E-state index contributed by atoms with van der Waals surface area (Å²) in [5.41, 5.74) is 1.19. The smallest absolute Gasteiger partial charge is 0.414 e. The average Bonchev–Trinajstić information content (AvgIpc) is 2.61. The predicted molar refractivity (Wildman–Crippen MR) is 95.2 cm³/mol. The van der Waals surface area contributed by atoms with Crippen LogP contribution in [-0.4, -0.2) is 76.7 Å². The maximum absolute atomic E-state index is 12.1. The highest BCUT2D eigenvalue weighted by Gasteiger charge is 2.22. The van der Waals surface area contributed by atoms with E-state index < -0.39 is 11.9 Å². The second-order valence-corrected chi connectivity index (χ2v) is 6.22. The zero-order valence-corrected chi connectivity index (χ0v) is 15.3. The lowest BCUT2D eigenvalue weighted by Gasteiger charge is -2.36. The monoisotopic (exact) mass is 366 g/mol. The van der Waals surface area contributed by atoms with Crippen LogP contribution in [-0.2, 0) is 14.4 Å². The summed E-state index contributed by atoms with van der Waals surface area (Å²) in [6.45, 7) is 10.0. The number of piperazine rings is 1. The van der Waals surface area contributed by atoms with Crippen molar-refractivity contribution in [3.8, 4) is 5.75 Å². The third-order valence-corrected chi connectivity index (χ3v) is 3.96. The van der Waals surface area contributed by atoms with E-state index in [4.69, 9.17) is 24.5 Å². The molecule has 0 aromatic heterocycles. The lowest BCUT2D eigenvalue weighted by Crippen LogP contribution is -2.51. The molecule has 2 N–H and O–H groups in total. The van der Waals surface area contributed by atoms with Crippen molar-refractivity contribution >= 4 is 17.8 Å². The number of carboxylic acids is 2. The van der Waals surface area contributed by atoms with E-state index in [1.54, 1.807) is 0 Å². The molecule has 1 aliphatic rings. The number of nitrogens with zero attached hydrogens (tertiary/aromatic N) is 2. The molecule has 0 unspecified atom stereocenters. The van der Waals surface area contributed by atoms with Crippen LogP contribution in [0.5, 0.6) is 5.75 Å². The molecule has 0 atom stereocenters. The van der Waals surface area contributed by atoms with Gasteiger partial charge in [0.2, 0.25) is 0 Å². The van der Waals surface area contributed by atoms with Crippen molar-refractivity contribution in [2.45, 2.75) is 26.8 Å². The van der Waals surface area contributed by atoms with Gasteiger partial charge in [0.05, 0.1) is 0 Å². The van der Waals surface area contributed by atoms with Crippen molar-refractivity contribution in [1.29, 1.82) is 0 Å². The van der Waals surface area contributed by atoms with E-state index in [0.29, 0.717) is 6.04 Å². The van der Waals surface area contributed by atoms with Crippen LogP contribution in [0.4, 0.5) is 0 Å². The molecule has 2 rings (SSSR count). The SMILES string of the molecule is Cc1ccc(OCC(=O)N2CCN(C(C)C)CC2)cc1.O=C(O)C(=O)O. The molecule has 8 heteroatoms. The summed E-state index contributed by atoms with van der Waals surface area (Å²) in [7, 11) is 0. The second-order valence-electron chi connectivity index (χ2n) is 6.22. The molecule has 1 amide bonds. The first-order chi connectivity index (χ1) is 12.2. The van der Waals surface area contributed by atoms with Crippen molar-refractivity contribution in [3.63, 3.8) is 0 Å². The van der Waals surface area contributed by atoms with Crippen LogP contribution in [0, 0.1) is 6.92 Å². The van der Waals surface area contributed by atoms with Crippen LogP contribution in [0.15, 0.2) is 24.3 Å². The number of ether oxygens (including phenoxy) is 1. The van der Waals surface area contributed by atoms with Gasteiger partial charge < -0.3 is 19.8 Å². The molecule has 1 fully saturated rings. The van der Waals surface area contributed by atoms with Gasteiger partial charge in [0.15, 0.2) is 6.61 Å². The fourth-order valence-electron chi connectivity index (χ4n) is 2.36. The molecule has 144 valence electrons. The van der Waals surface area contributed by atoms with Gasteiger partial charge in [-0.3, -0.25) is 9.69 Å². The van der Waals surface area contributed by atoms with Crippen LogP contribution < -0.4 is 4.74 Å². The zero-order valence-electron chi connectivity index (χ0n) is 15.3. The zero-order chi connectivity index (χ0) is 19.7. The van der Waals surface area contributed by atoms with Gasteiger partial charge in [-0.05, 0) is 32.9 Å². The van der Waals surface area contributed by atoms with Gasteiger partial charge in [0.25, 0.3) is 5.91 Å². The van der Waals surface area contributed by atoms with E-state index in [0.717, 1.165) is 31.9 Å². The Kier molecular flexibility index (Phi) is 8.57. The molecule has 0 bridgehead atoms. The first kappa shape index (κ1) is 21.4. The molecule has 1 aromatic rings. The summed E-state index contributed by atoms with van der Waals surface area (Å²) in [6.07, 6.45) is 0. The minimum Gasteiger partial charge on any atom is -0.484 e. The highest BCUT2D eigenvalue weighted by molar-refractivity contribution is 6.27. The number of amides is 1. The average molecular weight is 366 g/mol. The molecule has 1 aromatic carbocycles. The number of carboxylic acid groups (broad SMARTS) is 2. The van der Waals surface area contributed by atoms with Gasteiger partial charge in [0, 0.05) is 32.2 Å². The minimum atomic E-state index is -1.82. The Hall–Kier alpha value is -2.61. The van der Waals surface area contributed by atoms with Gasteiger partial charge in [-0.25, -0.2) is 9.59 Å². The number of rotatable bonds is 4. The number of hydrogen-bond acceptors (Lipinski definition) is 5. The maximum Gasteiger partial charge on any atom is 0.414 e. The summed E-state index contributed by atoms with van der Waals surface area (Å²) in [5, 5.41) is 14.8. The van der Waals surface area contributed by atoms with Crippen LogP contribution in [0.2, 0.25) is 0 Å². The fraction of sp³-hybridized carbons (Fsp3) is 0.500. The van der Waals surface area contributed by atoms with E-state index in [9.17, 15) is 4.79 Å². The van der Waals surface area contributed by atoms with E-state index in [1.807, 2.05) is 36.1 Å². The summed E-state index contributed by atoms with van der Waals surface area (Å²) in [4.78, 5) is 34.6. The number of carbonyl (C=O) groups is 3. The molecule has 1 heterocycles. The molecular weight excluding hydrogens is 340 g/mol. The highest BCUT2D eigenvalue weighted by atomic mass is 16.5. The molecule has 8 nitrogen and oxygen atoms in total. The number of hydrogen-bond donors (Lipinski definition) is 2. The van der Waals surface area contributed by atoms with Crippen molar-refractivity contribution in [2.24, 2.45) is 0 Å². The minimum absolute atomic E-state index is 0.0778. The van der Waals surface area contributed by atoms with Gasteiger partial charge in [0.1, 0.15) is 5.75 Å². The van der Waals surface area contributed by atoms with Crippen molar-refractivity contribution in [2.75, 3.05) is 32.8 Å². The molecule has 0 aliphatic carbocycles.